The number of carbonyl (C=O) groups is 2. The van der Waals surface area contributed by atoms with Crippen molar-refractivity contribution in [1.29, 1.82) is 0 Å². The number of anilines is 1. The number of thiophene rings is 1. The number of primary amides is 1. The number of carbonyl (C=O) groups excluding carboxylic acids is 2. The van der Waals surface area contributed by atoms with Gasteiger partial charge in [0.15, 0.2) is 0 Å². The Balaban J connectivity index is 1.85. The van der Waals surface area contributed by atoms with Gasteiger partial charge in [-0.25, -0.2) is 0 Å². The fourth-order valence-electron chi connectivity index (χ4n) is 2.28. The highest BCUT2D eigenvalue weighted by Gasteiger charge is 2.10. The van der Waals surface area contributed by atoms with E-state index < -0.39 is 5.91 Å². The van der Waals surface area contributed by atoms with Crippen LogP contribution in [0.4, 0.5) is 5.69 Å². The minimum atomic E-state index is -0.494. The molecule has 25 heavy (non-hydrogen) atoms. The summed E-state index contributed by atoms with van der Waals surface area (Å²) in [6.07, 6.45) is 2.17. The molecule has 5 nitrogen and oxygen atoms in total. The molecule has 0 fully saturated rings. The first kappa shape index (κ1) is 19.2. The Morgan fingerprint density at radius 3 is 2.52 bits per heavy atom. The Bertz CT molecular complexity index is 743. The molecular formula is C18H20ClN3O2S. The second-order valence-corrected chi connectivity index (χ2v) is 7.27. The molecule has 3 N–H and O–H groups in total. The summed E-state index contributed by atoms with van der Waals surface area (Å²) < 4.78 is 0.755. The number of nitrogens with two attached hydrogens (primary N) is 1. The van der Waals surface area contributed by atoms with E-state index in [1.807, 2.05) is 18.2 Å². The number of hydrogen-bond acceptors (Lipinski definition) is 4. The Hall–Kier alpha value is -2.15. The molecule has 0 bridgehead atoms. The van der Waals surface area contributed by atoms with E-state index in [9.17, 15) is 9.59 Å². The van der Waals surface area contributed by atoms with Gasteiger partial charge in [0.1, 0.15) is 0 Å². The van der Waals surface area contributed by atoms with Crippen LogP contribution in [0.5, 0.6) is 0 Å². The van der Waals surface area contributed by atoms with Crippen molar-refractivity contribution < 1.29 is 9.59 Å². The van der Waals surface area contributed by atoms with Crippen LogP contribution >= 0.6 is 22.9 Å². The first-order valence-corrected chi connectivity index (χ1v) is 8.94. The molecule has 0 saturated carbocycles. The van der Waals surface area contributed by atoms with Crippen LogP contribution < -0.4 is 11.1 Å². The molecule has 0 spiro atoms. The third kappa shape index (κ3) is 6.34. The maximum Gasteiger partial charge on any atom is 0.248 e. The first-order chi connectivity index (χ1) is 12.0. The molecule has 7 heteroatoms. The van der Waals surface area contributed by atoms with E-state index in [1.54, 1.807) is 24.3 Å². The van der Waals surface area contributed by atoms with Crippen LogP contribution in [-0.4, -0.2) is 29.8 Å². The van der Waals surface area contributed by atoms with E-state index in [1.165, 1.54) is 11.3 Å². The van der Waals surface area contributed by atoms with E-state index in [0.717, 1.165) is 15.8 Å². The molecule has 1 aromatic heterocycles. The van der Waals surface area contributed by atoms with Gasteiger partial charge in [-0.3, -0.25) is 14.5 Å². The first-order valence-electron chi connectivity index (χ1n) is 7.75. The maximum absolute atomic E-state index is 12.1. The zero-order valence-corrected chi connectivity index (χ0v) is 15.3. The zero-order chi connectivity index (χ0) is 18.2. The second-order valence-electron chi connectivity index (χ2n) is 5.47. The molecule has 0 atom stereocenters. The summed E-state index contributed by atoms with van der Waals surface area (Å²) >= 11 is 7.49. The molecule has 2 rings (SSSR count). The molecule has 2 aromatic rings. The number of nitrogens with one attached hydrogen (secondary N) is 1. The Morgan fingerprint density at radius 1 is 1.24 bits per heavy atom. The van der Waals surface area contributed by atoms with Gasteiger partial charge in [-0.2, -0.15) is 0 Å². The van der Waals surface area contributed by atoms with Crippen LogP contribution in [0.25, 0.3) is 0 Å². The minimum absolute atomic E-state index is 0.0925. The standard InChI is InChI=1S/C18H20ClN3O2S/c1-2-10-22(12-15-7-8-16(19)25-15)11-9-17(23)21-14-5-3-13(4-6-14)18(20)24/h2-8H,1,9-12H2,(H2,20,24)(H,21,23). The van der Waals surface area contributed by atoms with Crippen molar-refractivity contribution in [3.8, 4) is 0 Å². The molecule has 0 radical (unpaired) electrons. The highest BCUT2D eigenvalue weighted by Crippen LogP contribution is 2.22. The maximum atomic E-state index is 12.1. The molecule has 0 aliphatic carbocycles. The van der Waals surface area contributed by atoms with Crippen LogP contribution in [0.3, 0.4) is 0 Å². The van der Waals surface area contributed by atoms with Crippen molar-refractivity contribution in [1.82, 2.24) is 4.90 Å². The van der Waals surface area contributed by atoms with Gasteiger partial charge >= 0.3 is 0 Å². The lowest BCUT2D eigenvalue weighted by Crippen LogP contribution is -2.27. The van der Waals surface area contributed by atoms with Crippen molar-refractivity contribution in [2.75, 3.05) is 18.4 Å². The minimum Gasteiger partial charge on any atom is -0.366 e. The summed E-state index contributed by atoms with van der Waals surface area (Å²) in [6, 6.07) is 10.4. The average molecular weight is 378 g/mol. The lowest BCUT2D eigenvalue weighted by atomic mass is 10.2. The van der Waals surface area contributed by atoms with Crippen molar-refractivity contribution in [3.05, 3.63) is 63.8 Å². The fourth-order valence-corrected chi connectivity index (χ4v) is 3.41. The van der Waals surface area contributed by atoms with Crippen molar-refractivity contribution >= 4 is 40.4 Å². The molecule has 0 unspecified atom stereocenters. The lowest BCUT2D eigenvalue weighted by Gasteiger charge is -2.19. The Morgan fingerprint density at radius 2 is 1.96 bits per heavy atom. The molecule has 0 aliphatic heterocycles. The monoisotopic (exact) mass is 377 g/mol. The summed E-state index contributed by atoms with van der Waals surface area (Å²) in [7, 11) is 0. The lowest BCUT2D eigenvalue weighted by molar-refractivity contribution is -0.116. The van der Waals surface area contributed by atoms with E-state index >= 15 is 0 Å². The van der Waals surface area contributed by atoms with Gasteiger partial charge in [0.2, 0.25) is 11.8 Å². The number of halogens is 1. The van der Waals surface area contributed by atoms with Crippen LogP contribution in [0, 0.1) is 0 Å². The van der Waals surface area contributed by atoms with Gasteiger partial charge < -0.3 is 11.1 Å². The quantitative estimate of drug-likeness (QED) is 0.656. The molecule has 132 valence electrons. The molecule has 1 heterocycles. The highest BCUT2D eigenvalue weighted by molar-refractivity contribution is 7.16. The fraction of sp³-hybridized carbons (Fsp3) is 0.222. The van der Waals surface area contributed by atoms with Crippen LogP contribution in [0.15, 0.2) is 49.1 Å². The topological polar surface area (TPSA) is 75.4 Å². The van der Waals surface area contributed by atoms with E-state index in [4.69, 9.17) is 17.3 Å². The van der Waals surface area contributed by atoms with Gasteiger partial charge in [-0.05, 0) is 36.4 Å². The predicted octanol–water partition coefficient (Wildman–Crippen LogP) is 3.52. The SMILES string of the molecule is C=CCN(CCC(=O)Nc1ccc(C(N)=O)cc1)Cc1ccc(Cl)s1. The summed E-state index contributed by atoms with van der Waals surface area (Å²) in [5.74, 6) is -0.586. The van der Waals surface area contributed by atoms with Crippen molar-refractivity contribution in [3.63, 3.8) is 0 Å². The number of hydrogen-bond donors (Lipinski definition) is 2. The largest absolute Gasteiger partial charge is 0.366 e. The molecular weight excluding hydrogens is 358 g/mol. The molecule has 2 amide bonds. The normalized spacial score (nSPS) is 10.6. The van der Waals surface area contributed by atoms with E-state index in [2.05, 4.69) is 16.8 Å². The summed E-state index contributed by atoms with van der Waals surface area (Å²) in [5, 5.41) is 2.81. The van der Waals surface area contributed by atoms with E-state index in [-0.39, 0.29) is 5.91 Å². The van der Waals surface area contributed by atoms with Gasteiger partial charge in [0.05, 0.1) is 4.34 Å². The van der Waals surface area contributed by atoms with Crippen molar-refractivity contribution in [2.45, 2.75) is 13.0 Å². The Labute approximate surface area is 156 Å². The third-order valence-corrected chi connectivity index (χ3v) is 4.72. The van der Waals surface area contributed by atoms with Gasteiger partial charge in [-0.15, -0.1) is 17.9 Å². The van der Waals surface area contributed by atoms with Gasteiger partial charge in [0, 0.05) is 42.2 Å². The van der Waals surface area contributed by atoms with Gasteiger partial charge in [0.25, 0.3) is 0 Å². The van der Waals surface area contributed by atoms with Crippen LogP contribution in [0.2, 0.25) is 4.34 Å². The van der Waals surface area contributed by atoms with Crippen LogP contribution in [-0.2, 0) is 11.3 Å². The smallest absolute Gasteiger partial charge is 0.248 e. The number of nitrogens with zero attached hydrogens (tertiary/aromatic N) is 1. The van der Waals surface area contributed by atoms with E-state index in [0.29, 0.717) is 30.8 Å². The third-order valence-electron chi connectivity index (χ3n) is 3.50. The second kappa shape index (κ2) is 9.36. The zero-order valence-electron chi connectivity index (χ0n) is 13.7. The van der Waals surface area contributed by atoms with Crippen LogP contribution in [0.1, 0.15) is 21.7 Å². The van der Waals surface area contributed by atoms with Crippen molar-refractivity contribution in [2.24, 2.45) is 5.73 Å². The molecule has 0 saturated heterocycles. The van der Waals surface area contributed by atoms with Gasteiger partial charge in [-0.1, -0.05) is 17.7 Å². The highest BCUT2D eigenvalue weighted by atomic mass is 35.5. The number of rotatable bonds is 9. The number of benzene rings is 1. The summed E-state index contributed by atoms with van der Waals surface area (Å²) in [5.41, 5.74) is 6.23. The molecule has 1 aromatic carbocycles. The predicted molar refractivity (Wildman–Crippen MR) is 103 cm³/mol. The summed E-state index contributed by atoms with van der Waals surface area (Å²) in [4.78, 5) is 26.4. The average Bonchev–Trinajstić information content (AvgIpc) is 2.98. The number of amides is 2. The summed E-state index contributed by atoms with van der Waals surface area (Å²) in [6.45, 7) is 5.78. The molecule has 0 aliphatic rings. The Kier molecular flexibility index (Phi) is 7.18.